The van der Waals surface area contributed by atoms with E-state index in [1.807, 2.05) is 36.5 Å². The maximum absolute atomic E-state index is 11.0. The van der Waals surface area contributed by atoms with Crippen LogP contribution in [0.2, 0.25) is 0 Å². The van der Waals surface area contributed by atoms with E-state index in [9.17, 15) is 4.79 Å². The average Bonchev–Trinajstić information content (AvgIpc) is 3.02. The normalized spacial score (nSPS) is 11.1. The van der Waals surface area contributed by atoms with Gasteiger partial charge in [0, 0.05) is 22.7 Å². The fraction of sp³-hybridized carbons (Fsp3) is 0. The Bertz CT molecular complexity index is 1070. The van der Waals surface area contributed by atoms with Crippen LogP contribution in [0.5, 0.6) is 0 Å². The number of nitrogens with two attached hydrogens (primary N) is 2. The SMILES string of the molecule is Nc1nc(N)c2c(cc(-c3cccc(C=O)c3)c3[nH]ccc32)n1. The molecule has 5 N–H and O–H groups in total. The van der Waals surface area contributed by atoms with Crippen molar-refractivity contribution in [2.45, 2.75) is 0 Å². The lowest BCUT2D eigenvalue weighted by atomic mass is 9.98. The number of anilines is 2. The molecule has 4 aromatic rings. The minimum atomic E-state index is 0.137. The van der Waals surface area contributed by atoms with Crippen LogP contribution in [-0.4, -0.2) is 21.2 Å². The zero-order chi connectivity index (χ0) is 16.0. The molecule has 0 unspecified atom stereocenters. The molecule has 0 saturated carbocycles. The molecule has 0 aliphatic rings. The standard InChI is InChI=1S/C17H13N5O/c18-16-14-11-4-5-20-15(11)12(7-13(14)21-17(19)22-16)10-3-1-2-9(6-10)8-23/h1-8,20H,(H4,18,19,21,22). The number of carbonyl (C=O) groups excluding carboxylic acids is 1. The molecular formula is C17H13N5O. The maximum atomic E-state index is 11.0. The van der Waals surface area contributed by atoms with Crippen molar-refractivity contribution in [1.82, 2.24) is 15.0 Å². The zero-order valence-electron chi connectivity index (χ0n) is 12.1. The maximum Gasteiger partial charge on any atom is 0.222 e. The van der Waals surface area contributed by atoms with Crippen LogP contribution in [0.1, 0.15) is 10.4 Å². The lowest BCUT2D eigenvalue weighted by Gasteiger charge is -2.09. The molecule has 0 aliphatic carbocycles. The van der Waals surface area contributed by atoms with Crippen LogP contribution in [0, 0.1) is 0 Å². The first kappa shape index (κ1) is 13.3. The van der Waals surface area contributed by atoms with Crippen molar-refractivity contribution >= 4 is 39.9 Å². The Morgan fingerprint density at radius 2 is 1.96 bits per heavy atom. The van der Waals surface area contributed by atoms with Crippen molar-refractivity contribution in [2.75, 3.05) is 11.5 Å². The first-order valence-electron chi connectivity index (χ1n) is 7.06. The number of rotatable bonds is 2. The monoisotopic (exact) mass is 303 g/mol. The smallest absolute Gasteiger partial charge is 0.222 e. The van der Waals surface area contributed by atoms with E-state index in [2.05, 4.69) is 15.0 Å². The summed E-state index contributed by atoms with van der Waals surface area (Å²) in [6.45, 7) is 0. The molecule has 6 heteroatoms. The van der Waals surface area contributed by atoms with Gasteiger partial charge < -0.3 is 16.5 Å². The molecule has 112 valence electrons. The van der Waals surface area contributed by atoms with Crippen LogP contribution in [0.15, 0.2) is 42.6 Å². The number of benzene rings is 2. The molecule has 0 saturated heterocycles. The molecule has 2 aromatic heterocycles. The lowest BCUT2D eigenvalue weighted by molar-refractivity contribution is 0.112. The van der Waals surface area contributed by atoms with Gasteiger partial charge in [0.2, 0.25) is 5.95 Å². The van der Waals surface area contributed by atoms with Gasteiger partial charge in [-0.05, 0) is 23.8 Å². The molecule has 0 bridgehead atoms. The van der Waals surface area contributed by atoms with Crippen molar-refractivity contribution in [3.8, 4) is 11.1 Å². The number of fused-ring (bicyclic) bond motifs is 3. The summed E-state index contributed by atoms with van der Waals surface area (Å²) in [4.78, 5) is 22.6. The molecule has 2 heterocycles. The fourth-order valence-corrected chi connectivity index (χ4v) is 2.91. The number of aldehydes is 1. The number of carbonyl (C=O) groups is 1. The lowest BCUT2D eigenvalue weighted by Crippen LogP contribution is -2.01. The first-order valence-corrected chi connectivity index (χ1v) is 7.06. The molecule has 0 atom stereocenters. The summed E-state index contributed by atoms with van der Waals surface area (Å²) >= 11 is 0. The van der Waals surface area contributed by atoms with E-state index in [0.717, 1.165) is 33.7 Å². The Morgan fingerprint density at radius 1 is 1.09 bits per heavy atom. The minimum Gasteiger partial charge on any atom is -0.383 e. The number of hydrogen-bond acceptors (Lipinski definition) is 5. The number of nitrogens with one attached hydrogen (secondary N) is 1. The highest BCUT2D eigenvalue weighted by Gasteiger charge is 2.14. The Morgan fingerprint density at radius 3 is 2.78 bits per heavy atom. The largest absolute Gasteiger partial charge is 0.383 e. The Labute approximate surface area is 131 Å². The second-order valence-corrected chi connectivity index (χ2v) is 5.29. The van der Waals surface area contributed by atoms with E-state index < -0.39 is 0 Å². The van der Waals surface area contributed by atoms with Crippen molar-refractivity contribution < 1.29 is 4.79 Å². The summed E-state index contributed by atoms with van der Waals surface area (Å²) < 4.78 is 0. The van der Waals surface area contributed by atoms with Gasteiger partial charge >= 0.3 is 0 Å². The average molecular weight is 303 g/mol. The van der Waals surface area contributed by atoms with Gasteiger partial charge in [-0.2, -0.15) is 4.98 Å². The highest BCUT2D eigenvalue weighted by atomic mass is 16.1. The number of aromatic nitrogens is 3. The highest BCUT2D eigenvalue weighted by Crippen LogP contribution is 2.35. The van der Waals surface area contributed by atoms with Crippen LogP contribution in [0.3, 0.4) is 0 Å². The van der Waals surface area contributed by atoms with Crippen LogP contribution < -0.4 is 11.5 Å². The summed E-state index contributed by atoms with van der Waals surface area (Å²) in [5.41, 5.74) is 15.8. The molecule has 2 aromatic carbocycles. The number of nitrogen functional groups attached to an aromatic ring is 2. The highest BCUT2D eigenvalue weighted by molar-refractivity contribution is 6.15. The van der Waals surface area contributed by atoms with Crippen molar-refractivity contribution in [3.05, 3.63) is 48.2 Å². The summed E-state index contributed by atoms with van der Waals surface area (Å²) in [6, 6.07) is 11.2. The van der Waals surface area contributed by atoms with E-state index in [-0.39, 0.29) is 5.95 Å². The molecule has 23 heavy (non-hydrogen) atoms. The second-order valence-electron chi connectivity index (χ2n) is 5.29. The van der Waals surface area contributed by atoms with E-state index in [1.54, 1.807) is 6.07 Å². The third kappa shape index (κ3) is 2.00. The second kappa shape index (κ2) is 4.81. The summed E-state index contributed by atoms with van der Waals surface area (Å²) in [6.07, 6.45) is 2.67. The van der Waals surface area contributed by atoms with E-state index in [0.29, 0.717) is 16.9 Å². The zero-order valence-corrected chi connectivity index (χ0v) is 12.1. The van der Waals surface area contributed by atoms with E-state index in [1.165, 1.54) is 0 Å². The van der Waals surface area contributed by atoms with Crippen LogP contribution in [0.25, 0.3) is 32.9 Å². The van der Waals surface area contributed by atoms with Gasteiger partial charge in [0.05, 0.1) is 16.4 Å². The quantitative estimate of drug-likeness (QED) is 0.493. The van der Waals surface area contributed by atoms with Gasteiger partial charge in [0.15, 0.2) is 0 Å². The summed E-state index contributed by atoms with van der Waals surface area (Å²) in [7, 11) is 0. The van der Waals surface area contributed by atoms with Crippen LogP contribution in [0.4, 0.5) is 11.8 Å². The Balaban J connectivity index is 2.13. The number of aromatic amines is 1. The Kier molecular flexibility index (Phi) is 2.77. The molecule has 0 amide bonds. The molecule has 0 radical (unpaired) electrons. The Hall–Kier alpha value is -3.41. The van der Waals surface area contributed by atoms with Gasteiger partial charge in [-0.3, -0.25) is 4.79 Å². The number of hydrogen-bond donors (Lipinski definition) is 3. The molecule has 6 nitrogen and oxygen atoms in total. The van der Waals surface area contributed by atoms with Crippen molar-refractivity contribution in [2.24, 2.45) is 0 Å². The predicted octanol–water partition coefficient (Wildman–Crippen LogP) is 2.76. The van der Waals surface area contributed by atoms with Crippen molar-refractivity contribution in [3.63, 3.8) is 0 Å². The first-order chi connectivity index (χ1) is 11.2. The molecule has 0 fully saturated rings. The predicted molar refractivity (Wildman–Crippen MR) is 91.0 cm³/mol. The third-order valence-electron chi connectivity index (χ3n) is 3.88. The molecule has 0 aliphatic heterocycles. The van der Waals surface area contributed by atoms with Crippen LogP contribution in [-0.2, 0) is 0 Å². The van der Waals surface area contributed by atoms with Crippen molar-refractivity contribution in [1.29, 1.82) is 0 Å². The number of H-pyrrole nitrogens is 1. The van der Waals surface area contributed by atoms with Gasteiger partial charge in [0.1, 0.15) is 12.1 Å². The van der Waals surface area contributed by atoms with Gasteiger partial charge in [0.25, 0.3) is 0 Å². The van der Waals surface area contributed by atoms with Gasteiger partial charge in [-0.15, -0.1) is 0 Å². The topological polar surface area (TPSA) is 111 Å². The van der Waals surface area contributed by atoms with Gasteiger partial charge in [-0.25, -0.2) is 4.98 Å². The summed E-state index contributed by atoms with van der Waals surface area (Å²) in [5.74, 6) is 0.489. The fourth-order valence-electron chi connectivity index (χ4n) is 2.91. The van der Waals surface area contributed by atoms with Crippen LogP contribution >= 0.6 is 0 Å². The van der Waals surface area contributed by atoms with Gasteiger partial charge in [-0.1, -0.05) is 18.2 Å². The molecule has 4 rings (SSSR count). The number of nitrogens with zero attached hydrogens (tertiary/aromatic N) is 2. The minimum absolute atomic E-state index is 0.137. The van der Waals surface area contributed by atoms with E-state index >= 15 is 0 Å². The molecular weight excluding hydrogens is 290 g/mol. The third-order valence-corrected chi connectivity index (χ3v) is 3.88. The summed E-state index contributed by atoms with van der Waals surface area (Å²) in [5, 5.41) is 1.69. The molecule has 0 spiro atoms. The van der Waals surface area contributed by atoms with E-state index in [4.69, 9.17) is 11.5 Å².